The predicted molar refractivity (Wildman–Crippen MR) is 57.7 cm³/mol. The van der Waals surface area contributed by atoms with Gasteiger partial charge in [0, 0.05) is 19.6 Å². The van der Waals surface area contributed by atoms with Gasteiger partial charge in [-0.05, 0) is 30.2 Å². The van der Waals surface area contributed by atoms with Crippen LogP contribution >= 0.6 is 11.3 Å². The Hall–Kier alpha value is -0.700. The zero-order valence-corrected chi connectivity index (χ0v) is 8.60. The lowest BCUT2D eigenvalue weighted by Gasteiger charge is -2.32. The van der Waals surface area contributed by atoms with Gasteiger partial charge < -0.3 is 10.2 Å². The molecular formula is C10H14N2S. The van der Waals surface area contributed by atoms with Crippen LogP contribution in [0.15, 0.2) is 11.4 Å². The molecule has 1 aliphatic carbocycles. The van der Waals surface area contributed by atoms with E-state index in [1.165, 1.54) is 30.1 Å². The molecular weight excluding hydrogens is 180 g/mol. The highest BCUT2D eigenvalue weighted by Crippen LogP contribution is 2.41. The zero-order valence-electron chi connectivity index (χ0n) is 7.79. The van der Waals surface area contributed by atoms with Crippen LogP contribution in [0.1, 0.15) is 12.8 Å². The summed E-state index contributed by atoms with van der Waals surface area (Å²) in [6.45, 7) is 1.18. The lowest BCUT2D eigenvalue weighted by atomic mass is 10.1. The molecule has 0 amide bonds. The summed E-state index contributed by atoms with van der Waals surface area (Å²) in [7, 11) is 2.20. The van der Waals surface area contributed by atoms with Crippen LogP contribution < -0.4 is 10.2 Å². The summed E-state index contributed by atoms with van der Waals surface area (Å²) < 4.78 is 0. The predicted octanol–water partition coefficient (Wildman–Crippen LogP) is 2.39. The molecule has 1 fully saturated rings. The standard InChI is InChI=1S/C10H14N2S/c1-12-6-8(7-2-3-7)11-10-9(12)4-5-13-10/h4-5,7-8,11H,2-3,6H2,1H3. The number of hydrogen-bond acceptors (Lipinski definition) is 3. The molecule has 0 spiro atoms. The maximum absolute atomic E-state index is 3.65. The quantitative estimate of drug-likeness (QED) is 0.738. The van der Waals surface area contributed by atoms with Crippen molar-refractivity contribution in [1.82, 2.24) is 0 Å². The van der Waals surface area contributed by atoms with Crippen LogP contribution in [-0.4, -0.2) is 19.6 Å². The lowest BCUT2D eigenvalue weighted by molar-refractivity contribution is 0.616. The van der Waals surface area contributed by atoms with Crippen LogP contribution in [0.3, 0.4) is 0 Å². The highest BCUT2D eigenvalue weighted by Gasteiger charge is 2.35. The van der Waals surface area contributed by atoms with Crippen LogP contribution in [-0.2, 0) is 0 Å². The second-order valence-corrected chi connectivity index (χ2v) is 5.02. The Kier molecular flexibility index (Phi) is 1.56. The van der Waals surface area contributed by atoms with E-state index >= 15 is 0 Å². The van der Waals surface area contributed by atoms with Crippen molar-refractivity contribution in [2.75, 3.05) is 23.8 Å². The second-order valence-electron chi connectivity index (χ2n) is 4.10. The Morgan fingerprint density at radius 3 is 3.15 bits per heavy atom. The van der Waals surface area contributed by atoms with E-state index in [9.17, 15) is 0 Å². The molecule has 70 valence electrons. The molecule has 2 heterocycles. The van der Waals surface area contributed by atoms with Gasteiger partial charge in [0.05, 0.1) is 5.69 Å². The van der Waals surface area contributed by atoms with Crippen molar-refractivity contribution in [3.05, 3.63) is 11.4 Å². The number of nitrogens with one attached hydrogen (secondary N) is 1. The minimum atomic E-state index is 0.705. The third-order valence-electron chi connectivity index (χ3n) is 3.03. The van der Waals surface area contributed by atoms with Crippen molar-refractivity contribution in [3.63, 3.8) is 0 Å². The van der Waals surface area contributed by atoms with Crippen molar-refractivity contribution in [1.29, 1.82) is 0 Å². The lowest BCUT2D eigenvalue weighted by Crippen LogP contribution is -2.39. The van der Waals surface area contributed by atoms with Gasteiger partial charge in [-0.1, -0.05) is 0 Å². The number of thiophene rings is 1. The molecule has 3 rings (SSSR count). The molecule has 1 N–H and O–H groups in total. The van der Waals surface area contributed by atoms with Crippen molar-refractivity contribution in [2.45, 2.75) is 18.9 Å². The number of likely N-dealkylation sites (N-methyl/N-ethyl adjacent to an activating group) is 1. The summed E-state index contributed by atoms with van der Waals surface area (Å²) >= 11 is 1.83. The molecule has 2 nitrogen and oxygen atoms in total. The highest BCUT2D eigenvalue weighted by atomic mass is 32.1. The van der Waals surface area contributed by atoms with Gasteiger partial charge in [0.15, 0.2) is 0 Å². The van der Waals surface area contributed by atoms with Crippen molar-refractivity contribution in [3.8, 4) is 0 Å². The van der Waals surface area contributed by atoms with E-state index in [1.807, 2.05) is 11.3 Å². The zero-order chi connectivity index (χ0) is 8.84. The molecule has 1 atom stereocenters. The molecule has 0 bridgehead atoms. The van der Waals surface area contributed by atoms with Gasteiger partial charge in [-0.25, -0.2) is 0 Å². The average Bonchev–Trinajstić information content (AvgIpc) is 2.85. The van der Waals surface area contributed by atoms with Gasteiger partial charge >= 0.3 is 0 Å². The number of anilines is 2. The average molecular weight is 194 g/mol. The first-order chi connectivity index (χ1) is 6.34. The third kappa shape index (κ3) is 1.22. The van der Waals surface area contributed by atoms with E-state index in [4.69, 9.17) is 0 Å². The molecule has 1 aromatic heterocycles. The van der Waals surface area contributed by atoms with Crippen LogP contribution in [0, 0.1) is 5.92 Å². The summed E-state index contributed by atoms with van der Waals surface area (Å²) in [5.74, 6) is 0.942. The first kappa shape index (κ1) is 7.68. The number of rotatable bonds is 1. The fourth-order valence-electron chi connectivity index (χ4n) is 2.08. The molecule has 1 aliphatic heterocycles. The van der Waals surface area contributed by atoms with Crippen molar-refractivity contribution in [2.24, 2.45) is 5.92 Å². The fourth-order valence-corrected chi connectivity index (χ4v) is 2.98. The summed E-state index contributed by atoms with van der Waals surface area (Å²) in [5.41, 5.74) is 1.38. The van der Waals surface area contributed by atoms with E-state index in [-0.39, 0.29) is 0 Å². The summed E-state index contributed by atoms with van der Waals surface area (Å²) in [6.07, 6.45) is 2.85. The molecule has 1 aromatic rings. The first-order valence-electron chi connectivity index (χ1n) is 4.90. The molecule has 1 saturated carbocycles. The normalized spacial score (nSPS) is 26.8. The second kappa shape index (κ2) is 2.64. The van der Waals surface area contributed by atoms with Crippen LogP contribution in [0.2, 0.25) is 0 Å². The smallest absolute Gasteiger partial charge is 0.112 e. The molecule has 2 aliphatic rings. The van der Waals surface area contributed by atoms with E-state index in [1.54, 1.807) is 0 Å². The Bertz CT molecular complexity index is 316. The van der Waals surface area contributed by atoms with Crippen LogP contribution in [0.25, 0.3) is 0 Å². The van der Waals surface area contributed by atoms with Gasteiger partial charge in [0.1, 0.15) is 5.00 Å². The highest BCUT2D eigenvalue weighted by molar-refractivity contribution is 7.14. The van der Waals surface area contributed by atoms with Crippen LogP contribution in [0.5, 0.6) is 0 Å². The number of nitrogens with zero attached hydrogens (tertiary/aromatic N) is 1. The Morgan fingerprint density at radius 1 is 1.54 bits per heavy atom. The first-order valence-corrected chi connectivity index (χ1v) is 5.78. The number of fused-ring (bicyclic) bond motifs is 1. The summed E-state index contributed by atoms with van der Waals surface area (Å²) in [5, 5.41) is 7.18. The van der Waals surface area contributed by atoms with Crippen LogP contribution in [0.4, 0.5) is 10.7 Å². The van der Waals surface area contributed by atoms with Gasteiger partial charge in [-0.15, -0.1) is 11.3 Å². The van der Waals surface area contributed by atoms with E-state index < -0.39 is 0 Å². The molecule has 0 saturated heterocycles. The van der Waals surface area contributed by atoms with E-state index in [0.29, 0.717) is 6.04 Å². The molecule has 1 unspecified atom stereocenters. The Balaban J connectivity index is 1.88. The minimum Gasteiger partial charge on any atom is -0.370 e. The van der Waals surface area contributed by atoms with E-state index in [2.05, 4.69) is 28.7 Å². The third-order valence-corrected chi connectivity index (χ3v) is 3.87. The van der Waals surface area contributed by atoms with Crippen molar-refractivity contribution < 1.29 is 0 Å². The van der Waals surface area contributed by atoms with Gasteiger partial charge in [-0.2, -0.15) is 0 Å². The summed E-state index contributed by atoms with van der Waals surface area (Å²) in [4.78, 5) is 2.38. The van der Waals surface area contributed by atoms with Gasteiger partial charge in [0.2, 0.25) is 0 Å². The summed E-state index contributed by atoms with van der Waals surface area (Å²) in [6, 6.07) is 2.91. The Morgan fingerprint density at radius 2 is 2.38 bits per heavy atom. The molecule has 0 radical (unpaired) electrons. The van der Waals surface area contributed by atoms with Gasteiger partial charge in [0.25, 0.3) is 0 Å². The number of hydrogen-bond donors (Lipinski definition) is 1. The Labute approximate surface area is 82.6 Å². The molecule has 0 aromatic carbocycles. The largest absolute Gasteiger partial charge is 0.370 e. The minimum absolute atomic E-state index is 0.705. The SMILES string of the molecule is CN1CC(C2CC2)Nc2sccc21. The van der Waals surface area contributed by atoms with Gasteiger partial charge in [-0.3, -0.25) is 0 Å². The monoisotopic (exact) mass is 194 g/mol. The maximum atomic E-state index is 3.65. The van der Waals surface area contributed by atoms with E-state index in [0.717, 1.165) is 5.92 Å². The maximum Gasteiger partial charge on any atom is 0.112 e. The van der Waals surface area contributed by atoms with Crippen molar-refractivity contribution >= 4 is 22.0 Å². The molecule has 3 heteroatoms. The topological polar surface area (TPSA) is 15.3 Å². The molecule has 13 heavy (non-hydrogen) atoms. The fraction of sp³-hybridized carbons (Fsp3) is 0.600.